The third-order valence-electron chi connectivity index (χ3n) is 6.29. The lowest BCUT2D eigenvalue weighted by atomic mass is 10.1. The van der Waals surface area contributed by atoms with Gasteiger partial charge in [-0.3, -0.25) is 24.1 Å². The summed E-state index contributed by atoms with van der Waals surface area (Å²) < 4.78 is 12.9. The molecule has 1 saturated heterocycles. The van der Waals surface area contributed by atoms with E-state index in [0.717, 1.165) is 35.7 Å². The molecule has 0 aliphatic carbocycles. The van der Waals surface area contributed by atoms with Crippen LogP contribution < -0.4 is 0 Å². The highest BCUT2D eigenvalue weighted by atomic mass is 16.5. The van der Waals surface area contributed by atoms with Crippen molar-refractivity contribution in [2.75, 3.05) is 19.8 Å². The van der Waals surface area contributed by atoms with E-state index in [-0.39, 0.29) is 49.7 Å². The molecule has 1 aromatic carbocycles. The molecule has 4 rings (SSSR count). The van der Waals surface area contributed by atoms with Gasteiger partial charge in [-0.05, 0) is 51.3 Å². The van der Waals surface area contributed by atoms with Crippen LogP contribution in [0.3, 0.4) is 0 Å². The zero-order valence-electron chi connectivity index (χ0n) is 19.0. The van der Waals surface area contributed by atoms with Gasteiger partial charge < -0.3 is 14.0 Å². The molecule has 0 unspecified atom stereocenters. The minimum atomic E-state index is -0.534. The van der Waals surface area contributed by atoms with E-state index < -0.39 is 5.97 Å². The van der Waals surface area contributed by atoms with Crippen molar-refractivity contribution < 1.29 is 28.7 Å². The average Bonchev–Trinajstić information content (AvgIpc) is 3.49. The lowest BCUT2D eigenvalue weighted by molar-refractivity contribution is -0.142. The van der Waals surface area contributed by atoms with E-state index in [2.05, 4.69) is 4.57 Å². The molecule has 2 aliphatic heterocycles. The van der Waals surface area contributed by atoms with Crippen molar-refractivity contribution in [2.45, 2.75) is 52.2 Å². The number of ketones is 1. The first-order valence-electron chi connectivity index (χ1n) is 11.3. The molecule has 2 amide bonds. The van der Waals surface area contributed by atoms with Crippen LogP contribution in [0.2, 0.25) is 0 Å². The van der Waals surface area contributed by atoms with Gasteiger partial charge in [0, 0.05) is 43.1 Å². The van der Waals surface area contributed by atoms with E-state index in [9.17, 15) is 19.2 Å². The number of nitrogens with zero attached hydrogens (tertiary/aromatic N) is 2. The van der Waals surface area contributed by atoms with Crippen molar-refractivity contribution in [3.63, 3.8) is 0 Å². The van der Waals surface area contributed by atoms with Crippen molar-refractivity contribution in [1.29, 1.82) is 0 Å². The number of carbonyl (C=O) groups excluding carboxylic acids is 4. The Morgan fingerprint density at radius 2 is 1.82 bits per heavy atom. The minimum absolute atomic E-state index is 0.0126. The fourth-order valence-electron chi connectivity index (χ4n) is 4.48. The summed E-state index contributed by atoms with van der Waals surface area (Å²) in [6.45, 7) is 5.11. The van der Waals surface area contributed by atoms with E-state index in [1.807, 2.05) is 19.9 Å². The number of ether oxygens (including phenoxy) is 2. The van der Waals surface area contributed by atoms with Crippen LogP contribution in [-0.4, -0.2) is 58.9 Å². The number of fused-ring (bicyclic) bond motifs is 1. The molecule has 8 nitrogen and oxygen atoms in total. The first-order chi connectivity index (χ1) is 15.9. The Hall–Kier alpha value is -3.26. The molecule has 1 atom stereocenters. The summed E-state index contributed by atoms with van der Waals surface area (Å²) in [6, 6.07) is 8.48. The van der Waals surface area contributed by atoms with Gasteiger partial charge in [-0.1, -0.05) is 12.1 Å². The van der Waals surface area contributed by atoms with Gasteiger partial charge in [0.1, 0.15) is 0 Å². The van der Waals surface area contributed by atoms with Gasteiger partial charge in [0.2, 0.25) is 5.78 Å². The number of aromatic nitrogens is 1. The Kier molecular flexibility index (Phi) is 6.74. The van der Waals surface area contributed by atoms with Crippen molar-refractivity contribution >= 4 is 23.6 Å². The van der Waals surface area contributed by atoms with Crippen LogP contribution in [0.1, 0.15) is 68.1 Å². The number of benzene rings is 1. The van der Waals surface area contributed by atoms with Crippen LogP contribution in [0.25, 0.3) is 0 Å². The summed E-state index contributed by atoms with van der Waals surface area (Å²) in [4.78, 5) is 50.6. The molecule has 2 aromatic rings. The predicted molar refractivity (Wildman–Crippen MR) is 119 cm³/mol. The molecular formula is C25H28N2O6. The maximum absolute atomic E-state index is 12.6. The van der Waals surface area contributed by atoms with Crippen LogP contribution in [0, 0.1) is 13.8 Å². The number of hydrogen-bond donors (Lipinski definition) is 0. The van der Waals surface area contributed by atoms with Crippen LogP contribution in [0.15, 0.2) is 30.3 Å². The molecule has 0 bridgehead atoms. The number of imide groups is 1. The Balaban J connectivity index is 1.24. The number of esters is 1. The van der Waals surface area contributed by atoms with Gasteiger partial charge in [-0.2, -0.15) is 0 Å². The Labute approximate surface area is 192 Å². The first-order valence-corrected chi connectivity index (χ1v) is 11.3. The smallest absolute Gasteiger partial charge is 0.306 e. The topological polar surface area (TPSA) is 94.9 Å². The van der Waals surface area contributed by atoms with Gasteiger partial charge in [0.25, 0.3) is 11.8 Å². The second kappa shape index (κ2) is 9.70. The van der Waals surface area contributed by atoms with E-state index in [0.29, 0.717) is 23.2 Å². The molecule has 8 heteroatoms. The van der Waals surface area contributed by atoms with Gasteiger partial charge in [0.15, 0.2) is 6.61 Å². The van der Waals surface area contributed by atoms with Gasteiger partial charge >= 0.3 is 5.97 Å². The van der Waals surface area contributed by atoms with E-state index in [1.165, 1.54) is 0 Å². The van der Waals surface area contributed by atoms with E-state index >= 15 is 0 Å². The molecule has 1 aromatic heterocycles. The molecule has 33 heavy (non-hydrogen) atoms. The average molecular weight is 453 g/mol. The van der Waals surface area contributed by atoms with Crippen LogP contribution in [-0.2, 0) is 20.8 Å². The second-order valence-corrected chi connectivity index (χ2v) is 8.53. The summed E-state index contributed by atoms with van der Waals surface area (Å²) in [7, 11) is 0. The molecule has 2 aliphatic rings. The molecule has 0 N–H and O–H groups in total. The normalized spacial score (nSPS) is 17.5. The molecule has 1 fully saturated rings. The SMILES string of the molecule is Cc1cc(C(=O)COC(=O)CCCN2C(=O)c3ccccc3C2=O)c(C)n1C[C@@H]1CCCO1. The van der Waals surface area contributed by atoms with E-state index in [1.54, 1.807) is 24.3 Å². The second-order valence-electron chi connectivity index (χ2n) is 8.53. The molecule has 0 radical (unpaired) electrons. The summed E-state index contributed by atoms with van der Waals surface area (Å²) in [5.41, 5.74) is 3.12. The number of Topliss-reactive ketones (excluding diaryl/α,β-unsaturated/α-hetero) is 1. The highest BCUT2D eigenvalue weighted by molar-refractivity contribution is 6.21. The van der Waals surface area contributed by atoms with E-state index in [4.69, 9.17) is 9.47 Å². The number of amides is 2. The summed E-state index contributed by atoms with van der Waals surface area (Å²) in [6.07, 6.45) is 2.52. The summed E-state index contributed by atoms with van der Waals surface area (Å²) in [5, 5.41) is 0. The number of rotatable bonds is 9. The maximum Gasteiger partial charge on any atom is 0.306 e. The van der Waals surface area contributed by atoms with Crippen LogP contribution in [0.5, 0.6) is 0 Å². The number of carbonyl (C=O) groups is 4. The van der Waals surface area contributed by atoms with Gasteiger partial charge in [-0.15, -0.1) is 0 Å². The monoisotopic (exact) mass is 452 g/mol. The quantitative estimate of drug-likeness (QED) is 0.330. The minimum Gasteiger partial charge on any atom is -0.457 e. The zero-order chi connectivity index (χ0) is 23.5. The predicted octanol–water partition coefficient (Wildman–Crippen LogP) is 3.09. The first kappa shape index (κ1) is 22.9. The van der Waals surface area contributed by atoms with Crippen molar-refractivity contribution in [3.05, 3.63) is 58.4 Å². The fourth-order valence-corrected chi connectivity index (χ4v) is 4.48. The fraction of sp³-hybridized carbons (Fsp3) is 0.440. The summed E-state index contributed by atoms with van der Waals surface area (Å²) >= 11 is 0. The molecule has 0 saturated carbocycles. The molecule has 174 valence electrons. The molecule has 3 heterocycles. The van der Waals surface area contributed by atoms with Crippen molar-refractivity contribution in [3.8, 4) is 0 Å². The highest BCUT2D eigenvalue weighted by Gasteiger charge is 2.34. The summed E-state index contributed by atoms with van der Waals surface area (Å²) in [5.74, 6) is -1.49. The molecule has 0 spiro atoms. The lowest BCUT2D eigenvalue weighted by Crippen LogP contribution is -2.31. The Bertz CT molecular complexity index is 1060. The standard InChI is InChI=1S/C25H28N2O6/c1-16-13-21(17(2)27(16)14-18-7-6-12-32-18)22(28)15-33-23(29)10-5-11-26-24(30)19-8-3-4-9-20(19)25(26)31/h3-4,8-9,13,18H,5-7,10-12,14-15H2,1-2H3/t18-/m0/s1. The van der Waals surface area contributed by atoms with Gasteiger partial charge in [-0.25, -0.2) is 0 Å². The largest absolute Gasteiger partial charge is 0.457 e. The van der Waals surface area contributed by atoms with Crippen molar-refractivity contribution in [1.82, 2.24) is 9.47 Å². The van der Waals surface area contributed by atoms with Crippen LogP contribution in [0.4, 0.5) is 0 Å². The Morgan fingerprint density at radius 3 is 2.45 bits per heavy atom. The van der Waals surface area contributed by atoms with Gasteiger partial charge in [0.05, 0.1) is 17.2 Å². The number of hydrogen-bond acceptors (Lipinski definition) is 6. The van der Waals surface area contributed by atoms with Crippen molar-refractivity contribution in [2.24, 2.45) is 0 Å². The third kappa shape index (κ3) is 4.75. The Morgan fingerprint density at radius 1 is 1.12 bits per heavy atom. The maximum atomic E-state index is 12.6. The highest BCUT2D eigenvalue weighted by Crippen LogP contribution is 2.23. The lowest BCUT2D eigenvalue weighted by Gasteiger charge is -2.15. The number of aryl methyl sites for hydroxylation is 1. The molecular weight excluding hydrogens is 424 g/mol. The third-order valence-corrected chi connectivity index (χ3v) is 6.29. The zero-order valence-corrected chi connectivity index (χ0v) is 19.0. The van der Waals surface area contributed by atoms with Crippen LogP contribution >= 0.6 is 0 Å².